The minimum atomic E-state index is -0.675. The molecule has 0 aliphatic carbocycles. The van der Waals surface area contributed by atoms with Gasteiger partial charge in [0.25, 0.3) is 5.56 Å². The van der Waals surface area contributed by atoms with Gasteiger partial charge in [-0.1, -0.05) is 0 Å². The van der Waals surface area contributed by atoms with E-state index >= 15 is 0 Å². The number of hydrogen-bond donors (Lipinski definition) is 2. The molecule has 2 N–H and O–H groups in total. The van der Waals surface area contributed by atoms with E-state index in [1.165, 1.54) is 6.20 Å². The second-order valence-electron chi connectivity index (χ2n) is 2.54. The van der Waals surface area contributed by atoms with E-state index < -0.39 is 17.1 Å². The van der Waals surface area contributed by atoms with E-state index in [1.807, 2.05) is 0 Å². The number of pyridine rings is 2. The molecule has 13 heavy (non-hydrogen) atoms. The van der Waals surface area contributed by atoms with Gasteiger partial charge < -0.3 is 10.1 Å². The zero-order valence-corrected chi connectivity index (χ0v) is 6.41. The SMILES string of the molecule is O=c1[nH]c2nccc(F)c2cc1O. The molecule has 2 rings (SSSR count). The zero-order valence-electron chi connectivity index (χ0n) is 6.41. The maximum atomic E-state index is 13.0. The molecule has 0 bridgehead atoms. The highest BCUT2D eigenvalue weighted by Crippen LogP contribution is 2.14. The molecule has 0 aliphatic rings. The maximum Gasteiger partial charge on any atom is 0.291 e. The lowest BCUT2D eigenvalue weighted by molar-refractivity contribution is 0.467. The minimum Gasteiger partial charge on any atom is -0.503 e. The molecular formula is C8H5FN2O2. The third-order valence-electron chi connectivity index (χ3n) is 1.68. The molecule has 0 aromatic carbocycles. The van der Waals surface area contributed by atoms with Crippen molar-refractivity contribution in [2.24, 2.45) is 0 Å². The van der Waals surface area contributed by atoms with Crippen LogP contribution in [0.15, 0.2) is 23.1 Å². The Balaban J connectivity index is 2.97. The number of hydrogen-bond acceptors (Lipinski definition) is 3. The fourth-order valence-corrected chi connectivity index (χ4v) is 1.06. The lowest BCUT2D eigenvalue weighted by Crippen LogP contribution is -2.05. The third kappa shape index (κ3) is 1.14. The van der Waals surface area contributed by atoms with Crippen LogP contribution in [-0.4, -0.2) is 15.1 Å². The summed E-state index contributed by atoms with van der Waals surface area (Å²) in [5.41, 5.74) is -0.548. The molecule has 0 saturated carbocycles. The van der Waals surface area contributed by atoms with Crippen LogP contribution in [0.1, 0.15) is 0 Å². The van der Waals surface area contributed by atoms with Gasteiger partial charge in [0.05, 0.1) is 5.39 Å². The normalized spacial score (nSPS) is 10.5. The first kappa shape index (κ1) is 7.72. The Morgan fingerprint density at radius 2 is 2.31 bits per heavy atom. The van der Waals surface area contributed by atoms with Gasteiger partial charge in [-0.05, 0) is 12.1 Å². The van der Waals surface area contributed by atoms with E-state index in [9.17, 15) is 9.18 Å². The van der Waals surface area contributed by atoms with Gasteiger partial charge in [0.1, 0.15) is 11.5 Å². The van der Waals surface area contributed by atoms with Crippen molar-refractivity contribution >= 4 is 11.0 Å². The highest BCUT2D eigenvalue weighted by molar-refractivity contribution is 5.76. The van der Waals surface area contributed by atoms with E-state index in [4.69, 9.17) is 5.11 Å². The van der Waals surface area contributed by atoms with Crippen LogP contribution in [0.4, 0.5) is 4.39 Å². The molecule has 0 spiro atoms. The van der Waals surface area contributed by atoms with Gasteiger partial charge in [0.15, 0.2) is 5.75 Å². The second kappa shape index (κ2) is 2.55. The first-order chi connectivity index (χ1) is 6.18. The summed E-state index contributed by atoms with van der Waals surface area (Å²) in [4.78, 5) is 16.9. The van der Waals surface area contributed by atoms with Gasteiger partial charge in [0.2, 0.25) is 0 Å². The van der Waals surface area contributed by atoms with E-state index in [2.05, 4.69) is 9.97 Å². The molecular weight excluding hydrogens is 175 g/mol. The van der Waals surface area contributed by atoms with Crippen molar-refractivity contribution in [1.29, 1.82) is 0 Å². The lowest BCUT2D eigenvalue weighted by atomic mass is 10.3. The number of nitrogens with one attached hydrogen (secondary N) is 1. The van der Waals surface area contributed by atoms with Gasteiger partial charge in [-0.15, -0.1) is 0 Å². The van der Waals surface area contributed by atoms with Crippen LogP contribution in [0.3, 0.4) is 0 Å². The summed E-state index contributed by atoms with van der Waals surface area (Å²) >= 11 is 0. The highest BCUT2D eigenvalue weighted by atomic mass is 19.1. The van der Waals surface area contributed by atoms with Gasteiger partial charge >= 0.3 is 0 Å². The van der Waals surface area contributed by atoms with Crippen LogP contribution in [0.2, 0.25) is 0 Å². The number of halogens is 1. The first-order valence-corrected chi connectivity index (χ1v) is 3.55. The number of rotatable bonds is 0. The van der Waals surface area contributed by atoms with Crippen LogP contribution in [0, 0.1) is 5.82 Å². The number of aromatic hydroxyl groups is 1. The fraction of sp³-hybridized carbons (Fsp3) is 0. The molecule has 0 aliphatic heterocycles. The van der Waals surface area contributed by atoms with Crippen molar-refractivity contribution in [2.45, 2.75) is 0 Å². The van der Waals surface area contributed by atoms with E-state index in [-0.39, 0.29) is 11.0 Å². The van der Waals surface area contributed by atoms with Crippen LogP contribution in [-0.2, 0) is 0 Å². The monoisotopic (exact) mass is 180 g/mol. The zero-order chi connectivity index (χ0) is 9.42. The summed E-state index contributed by atoms with van der Waals surface area (Å²) in [6.45, 7) is 0. The standard InChI is InChI=1S/C8H5FN2O2/c9-5-1-2-10-7-4(5)3-6(12)8(13)11-7/h1-3,12H,(H,10,11,13). The average molecular weight is 180 g/mol. The van der Waals surface area contributed by atoms with Gasteiger partial charge in [-0.25, -0.2) is 9.37 Å². The van der Waals surface area contributed by atoms with Crippen molar-refractivity contribution < 1.29 is 9.50 Å². The molecule has 0 unspecified atom stereocenters. The highest BCUT2D eigenvalue weighted by Gasteiger charge is 2.04. The van der Waals surface area contributed by atoms with Crippen molar-refractivity contribution in [1.82, 2.24) is 9.97 Å². The topological polar surface area (TPSA) is 66.0 Å². The summed E-state index contributed by atoms with van der Waals surface area (Å²) < 4.78 is 13.0. The molecule has 2 heterocycles. The number of H-pyrrole nitrogens is 1. The predicted molar refractivity (Wildman–Crippen MR) is 44.0 cm³/mol. The Labute approximate surface area is 71.7 Å². The number of aromatic amines is 1. The average Bonchev–Trinajstić information content (AvgIpc) is 2.09. The summed E-state index contributed by atoms with van der Waals surface area (Å²) in [5.74, 6) is -1.05. The summed E-state index contributed by atoms with van der Waals surface area (Å²) in [7, 11) is 0. The summed E-state index contributed by atoms with van der Waals surface area (Å²) in [5, 5.41) is 9.10. The van der Waals surface area contributed by atoms with E-state index in [1.54, 1.807) is 0 Å². The predicted octanol–water partition coefficient (Wildman–Crippen LogP) is 0.768. The third-order valence-corrected chi connectivity index (χ3v) is 1.68. The van der Waals surface area contributed by atoms with Crippen molar-refractivity contribution in [3.8, 4) is 5.75 Å². The Bertz CT molecular complexity index is 521. The van der Waals surface area contributed by atoms with Crippen LogP contribution >= 0.6 is 0 Å². The van der Waals surface area contributed by atoms with Gasteiger partial charge in [-0.3, -0.25) is 4.79 Å². The minimum absolute atomic E-state index is 0.0969. The number of aromatic nitrogens is 2. The lowest BCUT2D eigenvalue weighted by Gasteiger charge is -1.97. The Morgan fingerprint density at radius 3 is 3.08 bits per heavy atom. The van der Waals surface area contributed by atoms with Gasteiger partial charge in [0, 0.05) is 6.20 Å². The maximum absolute atomic E-state index is 13.0. The van der Waals surface area contributed by atoms with Gasteiger partial charge in [-0.2, -0.15) is 0 Å². The molecule has 2 aromatic heterocycles. The van der Waals surface area contributed by atoms with Crippen molar-refractivity contribution in [3.05, 3.63) is 34.5 Å². The molecule has 5 heteroatoms. The number of fused-ring (bicyclic) bond motifs is 1. The molecule has 4 nitrogen and oxygen atoms in total. The molecule has 0 fully saturated rings. The molecule has 66 valence electrons. The van der Waals surface area contributed by atoms with E-state index in [0.29, 0.717) is 0 Å². The van der Waals surface area contributed by atoms with Crippen molar-refractivity contribution in [3.63, 3.8) is 0 Å². The van der Waals surface area contributed by atoms with E-state index in [0.717, 1.165) is 12.1 Å². The second-order valence-corrected chi connectivity index (χ2v) is 2.54. The molecule has 2 aromatic rings. The Hall–Kier alpha value is -1.91. The van der Waals surface area contributed by atoms with Crippen LogP contribution in [0.5, 0.6) is 5.75 Å². The smallest absolute Gasteiger partial charge is 0.291 e. The van der Waals surface area contributed by atoms with Crippen molar-refractivity contribution in [2.75, 3.05) is 0 Å². The van der Waals surface area contributed by atoms with Crippen LogP contribution in [0.25, 0.3) is 11.0 Å². The molecule has 0 amide bonds. The fourth-order valence-electron chi connectivity index (χ4n) is 1.06. The molecule has 0 saturated heterocycles. The Morgan fingerprint density at radius 1 is 1.54 bits per heavy atom. The molecule has 0 atom stereocenters. The summed E-state index contributed by atoms with van der Waals surface area (Å²) in [6, 6.07) is 2.20. The quantitative estimate of drug-likeness (QED) is 0.629. The van der Waals surface area contributed by atoms with Crippen LogP contribution < -0.4 is 5.56 Å². The Kier molecular flexibility index (Phi) is 1.51. The molecule has 0 radical (unpaired) electrons. The summed E-state index contributed by atoms with van der Waals surface area (Å²) in [6.07, 6.45) is 1.24. The largest absolute Gasteiger partial charge is 0.503 e. The number of nitrogens with zero attached hydrogens (tertiary/aromatic N) is 1. The first-order valence-electron chi connectivity index (χ1n) is 3.55.